The number of likely N-dealkylation sites (tertiary alicyclic amines) is 1. The Kier molecular flexibility index (Phi) is 6.47. The van der Waals surface area contributed by atoms with Gasteiger partial charge in [0.05, 0.1) is 11.2 Å². The predicted molar refractivity (Wildman–Crippen MR) is 97.6 cm³/mol. The molecule has 1 fully saturated rings. The Morgan fingerprint density at radius 1 is 1.28 bits per heavy atom. The van der Waals surface area contributed by atoms with Gasteiger partial charge in [-0.1, -0.05) is 6.92 Å². The van der Waals surface area contributed by atoms with E-state index in [1.807, 2.05) is 26.0 Å². The SMILES string of the molecule is CC(=O)Nc1ccc(SC(C)C(=O)N2CCC(C(=O)O)C(C)C2)cc1. The van der Waals surface area contributed by atoms with Crippen LogP contribution in [0.15, 0.2) is 29.2 Å². The number of amides is 2. The highest BCUT2D eigenvalue weighted by atomic mass is 32.2. The van der Waals surface area contributed by atoms with Crippen molar-refractivity contribution >= 4 is 35.2 Å². The Morgan fingerprint density at radius 2 is 1.92 bits per heavy atom. The number of aliphatic carboxylic acids is 1. The third kappa shape index (κ3) is 5.22. The van der Waals surface area contributed by atoms with Crippen molar-refractivity contribution in [1.29, 1.82) is 0 Å². The summed E-state index contributed by atoms with van der Waals surface area (Å²) in [6.45, 7) is 6.19. The van der Waals surface area contributed by atoms with Crippen LogP contribution in [0.5, 0.6) is 0 Å². The second kappa shape index (κ2) is 8.38. The van der Waals surface area contributed by atoms with Gasteiger partial charge in [0.2, 0.25) is 11.8 Å². The maximum absolute atomic E-state index is 12.6. The van der Waals surface area contributed by atoms with Crippen molar-refractivity contribution in [3.63, 3.8) is 0 Å². The third-order valence-corrected chi connectivity index (χ3v) is 5.47. The van der Waals surface area contributed by atoms with Gasteiger partial charge in [-0.3, -0.25) is 14.4 Å². The Balaban J connectivity index is 1.92. The number of nitrogens with one attached hydrogen (secondary N) is 1. The zero-order valence-corrected chi connectivity index (χ0v) is 15.5. The van der Waals surface area contributed by atoms with Gasteiger partial charge in [0.15, 0.2) is 0 Å². The van der Waals surface area contributed by atoms with Crippen LogP contribution in [-0.2, 0) is 14.4 Å². The zero-order chi connectivity index (χ0) is 18.6. The maximum Gasteiger partial charge on any atom is 0.306 e. The lowest BCUT2D eigenvalue weighted by Gasteiger charge is -2.36. The van der Waals surface area contributed by atoms with E-state index in [1.54, 1.807) is 17.0 Å². The van der Waals surface area contributed by atoms with Gasteiger partial charge in [0.1, 0.15) is 0 Å². The molecule has 0 radical (unpaired) electrons. The molecule has 1 aromatic rings. The monoisotopic (exact) mass is 364 g/mol. The lowest BCUT2D eigenvalue weighted by Crippen LogP contribution is -2.47. The summed E-state index contributed by atoms with van der Waals surface area (Å²) in [5, 5.41) is 11.6. The van der Waals surface area contributed by atoms with Gasteiger partial charge in [0.25, 0.3) is 0 Å². The summed E-state index contributed by atoms with van der Waals surface area (Å²) in [6, 6.07) is 7.36. The van der Waals surface area contributed by atoms with E-state index in [1.165, 1.54) is 18.7 Å². The normalized spacial score (nSPS) is 21.5. The maximum atomic E-state index is 12.6. The number of benzene rings is 1. The van der Waals surface area contributed by atoms with Crippen LogP contribution >= 0.6 is 11.8 Å². The number of thioether (sulfide) groups is 1. The molecule has 136 valence electrons. The number of hydrogen-bond acceptors (Lipinski definition) is 4. The zero-order valence-electron chi connectivity index (χ0n) is 14.7. The average Bonchev–Trinajstić information content (AvgIpc) is 2.55. The number of anilines is 1. The van der Waals surface area contributed by atoms with Crippen LogP contribution in [-0.4, -0.2) is 46.1 Å². The van der Waals surface area contributed by atoms with Crippen molar-refractivity contribution in [2.45, 2.75) is 37.3 Å². The Labute approximate surface area is 152 Å². The van der Waals surface area contributed by atoms with Crippen molar-refractivity contribution in [2.24, 2.45) is 11.8 Å². The minimum Gasteiger partial charge on any atom is -0.481 e. The minimum atomic E-state index is -0.777. The molecule has 3 atom stereocenters. The molecule has 3 unspecified atom stereocenters. The lowest BCUT2D eigenvalue weighted by atomic mass is 9.87. The van der Waals surface area contributed by atoms with Gasteiger partial charge in [-0.25, -0.2) is 0 Å². The number of piperidine rings is 1. The fraction of sp³-hybridized carbons (Fsp3) is 0.500. The predicted octanol–water partition coefficient (Wildman–Crippen LogP) is 2.69. The molecule has 0 bridgehead atoms. The number of carboxylic acids is 1. The molecule has 0 aromatic heterocycles. The molecule has 0 saturated carbocycles. The molecule has 6 nitrogen and oxygen atoms in total. The first kappa shape index (κ1) is 19.3. The molecule has 2 N–H and O–H groups in total. The van der Waals surface area contributed by atoms with Crippen molar-refractivity contribution in [3.8, 4) is 0 Å². The molecule has 2 rings (SSSR count). The summed E-state index contributed by atoms with van der Waals surface area (Å²) in [5.41, 5.74) is 0.723. The minimum absolute atomic E-state index is 0.0339. The second-order valence-electron chi connectivity index (χ2n) is 6.46. The van der Waals surface area contributed by atoms with E-state index in [0.717, 1.165) is 10.6 Å². The number of hydrogen-bond donors (Lipinski definition) is 2. The molecule has 0 spiro atoms. The van der Waals surface area contributed by atoms with Gasteiger partial charge >= 0.3 is 5.97 Å². The number of rotatable bonds is 5. The first-order valence-electron chi connectivity index (χ1n) is 8.34. The number of carboxylic acid groups (broad SMARTS) is 1. The fourth-order valence-corrected chi connectivity index (χ4v) is 4.00. The van der Waals surface area contributed by atoms with Crippen LogP contribution in [0.3, 0.4) is 0 Å². The van der Waals surface area contributed by atoms with Gasteiger partial charge in [-0.15, -0.1) is 11.8 Å². The highest BCUT2D eigenvalue weighted by Crippen LogP contribution is 2.29. The van der Waals surface area contributed by atoms with Crippen LogP contribution in [0, 0.1) is 11.8 Å². The molecule has 1 aromatic carbocycles. The first-order chi connectivity index (χ1) is 11.8. The number of carbonyl (C=O) groups excluding carboxylic acids is 2. The van der Waals surface area contributed by atoms with E-state index < -0.39 is 5.97 Å². The molecule has 7 heteroatoms. The lowest BCUT2D eigenvalue weighted by molar-refractivity contribution is -0.148. The summed E-state index contributed by atoms with van der Waals surface area (Å²) in [7, 11) is 0. The van der Waals surface area contributed by atoms with Crippen molar-refractivity contribution in [1.82, 2.24) is 4.90 Å². The third-order valence-electron chi connectivity index (χ3n) is 4.37. The van der Waals surface area contributed by atoms with Crippen LogP contribution in [0.2, 0.25) is 0 Å². The molecular formula is C18H24N2O4S. The topological polar surface area (TPSA) is 86.7 Å². The van der Waals surface area contributed by atoms with Gasteiger partial charge < -0.3 is 15.3 Å². The Morgan fingerprint density at radius 3 is 2.44 bits per heavy atom. The summed E-state index contributed by atoms with van der Waals surface area (Å²) >= 11 is 1.46. The van der Waals surface area contributed by atoms with E-state index in [2.05, 4.69) is 5.32 Å². The fourth-order valence-electron chi connectivity index (χ4n) is 3.04. The van der Waals surface area contributed by atoms with Crippen LogP contribution in [0.4, 0.5) is 5.69 Å². The van der Waals surface area contributed by atoms with Gasteiger partial charge in [-0.05, 0) is 43.5 Å². The second-order valence-corrected chi connectivity index (χ2v) is 7.87. The summed E-state index contributed by atoms with van der Waals surface area (Å²) in [4.78, 5) is 37.6. The first-order valence-corrected chi connectivity index (χ1v) is 9.21. The van der Waals surface area contributed by atoms with E-state index >= 15 is 0 Å². The van der Waals surface area contributed by atoms with Gasteiger partial charge in [-0.2, -0.15) is 0 Å². The van der Waals surface area contributed by atoms with E-state index in [0.29, 0.717) is 19.5 Å². The van der Waals surface area contributed by atoms with E-state index in [4.69, 9.17) is 0 Å². The highest BCUT2D eigenvalue weighted by molar-refractivity contribution is 8.00. The highest BCUT2D eigenvalue weighted by Gasteiger charge is 2.34. The molecule has 2 amide bonds. The summed E-state index contributed by atoms with van der Waals surface area (Å²) in [5.74, 6) is -1.27. The Hall–Kier alpha value is -2.02. The van der Waals surface area contributed by atoms with Crippen LogP contribution < -0.4 is 5.32 Å². The molecule has 1 aliphatic heterocycles. The standard InChI is InChI=1S/C18H24N2O4S/c1-11-10-20(9-8-16(11)18(23)24)17(22)12(2)25-15-6-4-14(5-7-15)19-13(3)21/h4-7,11-12,16H,8-10H2,1-3H3,(H,19,21)(H,23,24). The smallest absolute Gasteiger partial charge is 0.306 e. The molecular weight excluding hydrogens is 340 g/mol. The van der Waals surface area contributed by atoms with Crippen molar-refractivity contribution in [3.05, 3.63) is 24.3 Å². The summed E-state index contributed by atoms with van der Waals surface area (Å²) in [6.07, 6.45) is 0.505. The summed E-state index contributed by atoms with van der Waals surface area (Å²) < 4.78 is 0. The molecule has 1 saturated heterocycles. The molecule has 25 heavy (non-hydrogen) atoms. The largest absolute Gasteiger partial charge is 0.481 e. The number of carbonyl (C=O) groups is 3. The average molecular weight is 364 g/mol. The van der Waals surface area contributed by atoms with Crippen molar-refractivity contribution in [2.75, 3.05) is 18.4 Å². The van der Waals surface area contributed by atoms with E-state index in [-0.39, 0.29) is 28.9 Å². The Bertz CT molecular complexity index is 647. The molecule has 1 heterocycles. The molecule has 1 aliphatic rings. The van der Waals surface area contributed by atoms with Crippen LogP contribution in [0.1, 0.15) is 27.2 Å². The van der Waals surface area contributed by atoms with Crippen molar-refractivity contribution < 1.29 is 19.5 Å². The van der Waals surface area contributed by atoms with E-state index in [9.17, 15) is 19.5 Å². The van der Waals surface area contributed by atoms with Crippen LogP contribution in [0.25, 0.3) is 0 Å². The number of nitrogens with zero attached hydrogens (tertiary/aromatic N) is 1. The van der Waals surface area contributed by atoms with Gasteiger partial charge in [0, 0.05) is 30.6 Å². The molecule has 0 aliphatic carbocycles. The quantitative estimate of drug-likeness (QED) is 0.785.